The Morgan fingerprint density at radius 2 is 2.00 bits per heavy atom. The minimum Gasteiger partial charge on any atom is -0.492 e. The lowest BCUT2D eigenvalue weighted by Crippen LogP contribution is -2.04. The van der Waals surface area contributed by atoms with Gasteiger partial charge in [0.05, 0.1) is 12.2 Å². The van der Waals surface area contributed by atoms with Gasteiger partial charge in [-0.3, -0.25) is 0 Å². The molecule has 0 aliphatic heterocycles. The number of nitrogens with zero attached hydrogens (tertiary/aromatic N) is 1. The van der Waals surface area contributed by atoms with Gasteiger partial charge >= 0.3 is 0 Å². The van der Waals surface area contributed by atoms with Crippen molar-refractivity contribution >= 4 is 17.3 Å². The van der Waals surface area contributed by atoms with Crippen LogP contribution in [0.15, 0.2) is 42.5 Å². The fraction of sp³-hybridized carbons (Fsp3) is 0.133. The van der Waals surface area contributed by atoms with Gasteiger partial charge in [0.25, 0.3) is 0 Å². The van der Waals surface area contributed by atoms with Crippen molar-refractivity contribution < 1.29 is 4.74 Å². The molecule has 0 fully saturated rings. The van der Waals surface area contributed by atoms with Crippen molar-refractivity contribution in [3.8, 4) is 11.8 Å². The van der Waals surface area contributed by atoms with Crippen molar-refractivity contribution in [2.45, 2.75) is 6.42 Å². The maximum atomic E-state index is 8.98. The summed E-state index contributed by atoms with van der Waals surface area (Å²) in [6.07, 6.45) is 0.685. The number of nitriles is 1. The Morgan fingerprint density at radius 1 is 1.21 bits per heavy atom. The molecule has 2 rings (SSSR count). The van der Waals surface area contributed by atoms with Crippen molar-refractivity contribution in [1.82, 2.24) is 0 Å². The molecule has 19 heavy (non-hydrogen) atoms. The molecular formula is C15H13ClN2O. The monoisotopic (exact) mass is 272 g/mol. The van der Waals surface area contributed by atoms with Crippen molar-refractivity contribution in [1.29, 1.82) is 5.26 Å². The molecule has 3 nitrogen and oxygen atoms in total. The van der Waals surface area contributed by atoms with Crippen LogP contribution in [-0.2, 0) is 6.42 Å². The standard InChI is InChI=1S/C15H13ClN2O/c16-13-6-5-12(10-17)15(9-13)19-8-7-11-3-1-2-4-14(11)18/h1-6,9H,7-8,18H2. The minimum absolute atomic E-state index is 0.448. The number of nitrogen functional groups attached to an aromatic ring is 1. The van der Waals surface area contributed by atoms with Crippen LogP contribution in [0.5, 0.6) is 5.75 Å². The zero-order valence-electron chi connectivity index (χ0n) is 10.3. The number of anilines is 1. The molecule has 0 spiro atoms. The molecule has 2 N–H and O–H groups in total. The fourth-order valence-corrected chi connectivity index (χ4v) is 1.90. The summed E-state index contributed by atoms with van der Waals surface area (Å²) in [4.78, 5) is 0. The topological polar surface area (TPSA) is 59.0 Å². The van der Waals surface area contributed by atoms with Crippen molar-refractivity contribution in [2.75, 3.05) is 12.3 Å². The molecule has 2 aromatic carbocycles. The van der Waals surface area contributed by atoms with Gasteiger partial charge in [-0.1, -0.05) is 29.8 Å². The van der Waals surface area contributed by atoms with E-state index in [4.69, 9.17) is 27.3 Å². The lowest BCUT2D eigenvalue weighted by atomic mass is 10.1. The molecule has 0 atom stereocenters. The summed E-state index contributed by atoms with van der Waals surface area (Å²) < 4.78 is 5.61. The smallest absolute Gasteiger partial charge is 0.138 e. The van der Waals surface area contributed by atoms with Crippen LogP contribution < -0.4 is 10.5 Å². The molecule has 0 saturated carbocycles. The summed E-state index contributed by atoms with van der Waals surface area (Å²) in [5.41, 5.74) is 8.11. The van der Waals surface area contributed by atoms with Crippen LogP contribution in [0.2, 0.25) is 5.02 Å². The van der Waals surface area contributed by atoms with E-state index in [2.05, 4.69) is 6.07 Å². The number of hydrogen-bond donors (Lipinski definition) is 1. The molecule has 0 amide bonds. The van der Waals surface area contributed by atoms with Crippen molar-refractivity contribution in [3.63, 3.8) is 0 Å². The molecule has 0 bridgehead atoms. The normalized spacial score (nSPS) is 9.89. The van der Waals surface area contributed by atoms with Crippen LogP contribution in [0, 0.1) is 11.3 Å². The van der Waals surface area contributed by atoms with Crippen LogP contribution in [0.25, 0.3) is 0 Å². The van der Waals surface area contributed by atoms with Gasteiger partial charge in [0.15, 0.2) is 0 Å². The van der Waals surface area contributed by atoms with Gasteiger partial charge < -0.3 is 10.5 Å². The van der Waals surface area contributed by atoms with Crippen molar-refractivity contribution in [2.24, 2.45) is 0 Å². The Hall–Kier alpha value is -2.18. The third-order valence-electron chi connectivity index (χ3n) is 2.75. The summed E-state index contributed by atoms with van der Waals surface area (Å²) in [5.74, 6) is 0.504. The summed E-state index contributed by atoms with van der Waals surface area (Å²) in [5, 5.41) is 9.53. The second-order valence-electron chi connectivity index (χ2n) is 4.05. The zero-order valence-corrected chi connectivity index (χ0v) is 11.0. The van der Waals surface area contributed by atoms with Gasteiger partial charge in [-0.2, -0.15) is 5.26 Å². The van der Waals surface area contributed by atoms with Crippen LogP contribution in [0.3, 0.4) is 0 Å². The van der Waals surface area contributed by atoms with E-state index in [1.807, 2.05) is 24.3 Å². The summed E-state index contributed by atoms with van der Waals surface area (Å²) in [6, 6.07) is 14.7. The van der Waals surface area contributed by atoms with Crippen LogP contribution in [0.1, 0.15) is 11.1 Å². The van der Waals surface area contributed by atoms with Crippen molar-refractivity contribution in [3.05, 3.63) is 58.6 Å². The third kappa shape index (κ3) is 3.40. The highest BCUT2D eigenvalue weighted by Gasteiger charge is 2.05. The highest BCUT2D eigenvalue weighted by molar-refractivity contribution is 6.30. The Kier molecular flexibility index (Phi) is 4.27. The minimum atomic E-state index is 0.448. The second kappa shape index (κ2) is 6.12. The lowest BCUT2D eigenvalue weighted by molar-refractivity contribution is 0.321. The highest BCUT2D eigenvalue weighted by Crippen LogP contribution is 2.23. The van der Waals surface area contributed by atoms with Gasteiger partial charge in [0.2, 0.25) is 0 Å². The lowest BCUT2D eigenvalue weighted by Gasteiger charge is -2.09. The van der Waals surface area contributed by atoms with E-state index < -0.39 is 0 Å². The molecule has 0 aliphatic rings. The highest BCUT2D eigenvalue weighted by atomic mass is 35.5. The average molecular weight is 273 g/mol. The van der Waals surface area contributed by atoms with Crippen LogP contribution in [-0.4, -0.2) is 6.61 Å². The van der Waals surface area contributed by atoms with E-state index in [-0.39, 0.29) is 0 Å². The molecule has 0 unspecified atom stereocenters. The molecule has 0 heterocycles. The quantitative estimate of drug-likeness (QED) is 0.868. The SMILES string of the molecule is N#Cc1ccc(Cl)cc1OCCc1ccccc1N. The Labute approximate surface area is 117 Å². The van der Waals surface area contributed by atoms with Gasteiger partial charge in [-0.25, -0.2) is 0 Å². The van der Waals surface area contributed by atoms with Gasteiger partial charge in [-0.15, -0.1) is 0 Å². The average Bonchev–Trinajstić information content (AvgIpc) is 2.41. The maximum absolute atomic E-state index is 8.98. The first-order valence-corrected chi connectivity index (χ1v) is 6.24. The van der Waals surface area contributed by atoms with E-state index in [1.54, 1.807) is 18.2 Å². The first kappa shape index (κ1) is 13.3. The van der Waals surface area contributed by atoms with E-state index in [0.29, 0.717) is 29.4 Å². The summed E-state index contributed by atoms with van der Waals surface area (Å²) in [7, 11) is 0. The van der Waals surface area contributed by atoms with Crippen LogP contribution >= 0.6 is 11.6 Å². The Bertz CT molecular complexity index is 620. The largest absolute Gasteiger partial charge is 0.492 e. The molecule has 96 valence electrons. The fourth-order valence-electron chi connectivity index (χ4n) is 1.74. The van der Waals surface area contributed by atoms with E-state index >= 15 is 0 Å². The number of halogens is 1. The second-order valence-corrected chi connectivity index (χ2v) is 4.49. The Balaban J connectivity index is 2.02. The van der Waals surface area contributed by atoms with Gasteiger partial charge in [0, 0.05) is 23.2 Å². The van der Waals surface area contributed by atoms with Gasteiger partial charge in [0.1, 0.15) is 11.8 Å². The first-order chi connectivity index (χ1) is 9.20. The number of rotatable bonds is 4. The van der Waals surface area contributed by atoms with E-state index in [1.165, 1.54) is 0 Å². The zero-order chi connectivity index (χ0) is 13.7. The number of para-hydroxylation sites is 1. The molecule has 0 radical (unpaired) electrons. The third-order valence-corrected chi connectivity index (χ3v) is 2.98. The summed E-state index contributed by atoms with van der Waals surface area (Å²) in [6.45, 7) is 0.448. The van der Waals surface area contributed by atoms with E-state index in [9.17, 15) is 0 Å². The summed E-state index contributed by atoms with van der Waals surface area (Å²) >= 11 is 5.89. The molecule has 0 saturated heterocycles. The molecular weight excluding hydrogens is 260 g/mol. The number of hydrogen-bond acceptors (Lipinski definition) is 3. The van der Waals surface area contributed by atoms with Gasteiger partial charge in [-0.05, 0) is 23.8 Å². The molecule has 4 heteroatoms. The van der Waals surface area contributed by atoms with Crippen LogP contribution in [0.4, 0.5) is 5.69 Å². The first-order valence-electron chi connectivity index (χ1n) is 5.86. The number of ether oxygens (including phenoxy) is 1. The number of benzene rings is 2. The molecule has 0 aromatic heterocycles. The Morgan fingerprint density at radius 3 is 2.74 bits per heavy atom. The predicted octanol–water partition coefficient (Wildman–Crippen LogP) is 3.42. The predicted molar refractivity (Wildman–Crippen MR) is 76.2 cm³/mol. The van der Waals surface area contributed by atoms with E-state index in [0.717, 1.165) is 11.3 Å². The molecule has 2 aromatic rings. The maximum Gasteiger partial charge on any atom is 0.138 e. The molecule has 0 aliphatic carbocycles. The number of nitrogens with two attached hydrogens (primary N) is 1.